The third-order valence-electron chi connectivity index (χ3n) is 3.75. The summed E-state index contributed by atoms with van der Waals surface area (Å²) in [6.45, 7) is 7.88. The maximum Gasteiger partial charge on any atom is 0.496 e. The summed E-state index contributed by atoms with van der Waals surface area (Å²) in [5.74, 6) is -2.62. The molecule has 0 atom stereocenters. The van der Waals surface area contributed by atoms with Crippen LogP contribution in [0.3, 0.4) is 0 Å². The fourth-order valence-corrected chi connectivity index (χ4v) is 1.83. The Kier molecular flexibility index (Phi) is 4.01. The second-order valence-electron chi connectivity index (χ2n) is 6.40. The molecule has 1 aromatic rings. The van der Waals surface area contributed by atoms with Gasteiger partial charge in [0.15, 0.2) is 6.61 Å². The van der Waals surface area contributed by atoms with Gasteiger partial charge in [0.25, 0.3) is 5.92 Å². The SMILES string of the molecule is CC(F)(F)COc1cncc(B2OC(C)(C)C(C)(C)O2)c1. The first-order valence-electron chi connectivity index (χ1n) is 6.81. The molecule has 1 fully saturated rings. The van der Waals surface area contributed by atoms with E-state index in [9.17, 15) is 8.78 Å². The number of hydrogen-bond donors (Lipinski definition) is 0. The molecule has 0 bridgehead atoms. The molecule has 0 spiro atoms. The van der Waals surface area contributed by atoms with Crippen molar-refractivity contribution >= 4 is 12.6 Å². The third-order valence-corrected chi connectivity index (χ3v) is 3.75. The van der Waals surface area contributed by atoms with E-state index in [2.05, 4.69) is 4.98 Å². The van der Waals surface area contributed by atoms with Gasteiger partial charge < -0.3 is 14.0 Å². The van der Waals surface area contributed by atoms with Gasteiger partial charge in [0.1, 0.15) is 5.75 Å². The lowest BCUT2D eigenvalue weighted by Crippen LogP contribution is -2.41. The Labute approximate surface area is 123 Å². The molecule has 0 saturated carbocycles. The summed E-state index contributed by atoms with van der Waals surface area (Å²) in [6, 6.07) is 1.61. The summed E-state index contributed by atoms with van der Waals surface area (Å²) in [7, 11) is -0.590. The van der Waals surface area contributed by atoms with Gasteiger partial charge in [0.05, 0.1) is 17.4 Å². The molecule has 0 radical (unpaired) electrons. The van der Waals surface area contributed by atoms with E-state index in [1.54, 1.807) is 12.3 Å². The zero-order chi connectivity index (χ0) is 15.9. The van der Waals surface area contributed by atoms with Crippen LogP contribution in [-0.2, 0) is 9.31 Å². The Balaban J connectivity index is 2.12. The van der Waals surface area contributed by atoms with Gasteiger partial charge in [0.2, 0.25) is 0 Å². The second-order valence-corrected chi connectivity index (χ2v) is 6.40. The van der Waals surface area contributed by atoms with Crippen LogP contribution in [-0.4, -0.2) is 35.8 Å². The average Bonchev–Trinajstić information content (AvgIpc) is 2.56. The first kappa shape index (κ1) is 16.2. The summed E-state index contributed by atoms with van der Waals surface area (Å²) < 4.78 is 42.5. The zero-order valence-electron chi connectivity index (χ0n) is 12.9. The second kappa shape index (κ2) is 5.21. The molecule has 0 aromatic carbocycles. The van der Waals surface area contributed by atoms with E-state index in [0.29, 0.717) is 5.46 Å². The van der Waals surface area contributed by atoms with Crippen LogP contribution < -0.4 is 10.2 Å². The fraction of sp³-hybridized carbons (Fsp3) is 0.643. The highest BCUT2D eigenvalue weighted by Gasteiger charge is 2.51. The minimum absolute atomic E-state index is 0.267. The minimum Gasteiger partial charge on any atom is -0.486 e. The molecule has 1 aliphatic heterocycles. The van der Waals surface area contributed by atoms with Gasteiger partial charge in [-0.25, -0.2) is 8.78 Å². The number of alkyl halides is 2. The normalized spacial score (nSPS) is 20.6. The predicted octanol–water partition coefficient (Wildman–Crippen LogP) is 2.41. The fourth-order valence-electron chi connectivity index (χ4n) is 1.83. The molecule has 2 rings (SSSR count). The molecular weight excluding hydrogens is 279 g/mol. The average molecular weight is 299 g/mol. The predicted molar refractivity (Wildman–Crippen MR) is 76.1 cm³/mol. The molecule has 116 valence electrons. The van der Waals surface area contributed by atoms with Crippen molar-refractivity contribution in [3.8, 4) is 5.75 Å². The van der Waals surface area contributed by atoms with Gasteiger partial charge in [-0.2, -0.15) is 0 Å². The highest BCUT2D eigenvalue weighted by Crippen LogP contribution is 2.36. The number of rotatable bonds is 4. The van der Waals surface area contributed by atoms with Crippen molar-refractivity contribution in [3.05, 3.63) is 18.5 Å². The number of ether oxygens (including phenoxy) is 1. The quantitative estimate of drug-likeness (QED) is 0.801. The van der Waals surface area contributed by atoms with E-state index in [0.717, 1.165) is 6.92 Å². The maximum absolute atomic E-state index is 12.8. The van der Waals surface area contributed by atoms with Crippen LogP contribution in [0, 0.1) is 0 Å². The zero-order valence-corrected chi connectivity index (χ0v) is 12.9. The molecule has 4 nitrogen and oxygen atoms in total. The van der Waals surface area contributed by atoms with E-state index in [1.165, 1.54) is 6.20 Å². The van der Waals surface area contributed by atoms with E-state index in [-0.39, 0.29) is 5.75 Å². The van der Waals surface area contributed by atoms with Crippen molar-refractivity contribution in [2.45, 2.75) is 51.7 Å². The number of aromatic nitrogens is 1. The van der Waals surface area contributed by atoms with Crippen LogP contribution in [0.25, 0.3) is 0 Å². The van der Waals surface area contributed by atoms with Crippen LogP contribution >= 0.6 is 0 Å². The third kappa shape index (κ3) is 3.71. The van der Waals surface area contributed by atoms with Gasteiger partial charge in [0, 0.05) is 18.6 Å². The van der Waals surface area contributed by atoms with E-state index >= 15 is 0 Å². The van der Waals surface area contributed by atoms with E-state index in [1.807, 2.05) is 27.7 Å². The van der Waals surface area contributed by atoms with Gasteiger partial charge in [-0.05, 0) is 33.8 Å². The summed E-state index contributed by atoms with van der Waals surface area (Å²) in [4.78, 5) is 4.00. The van der Waals surface area contributed by atoms with Crippen LogP contribution in [0.2, 0.25) is 0 Å². The van der Waals surface area contributed by atoms with Crippen molar-refractivity contribution in [1.82, 2.24) is 4.98 Å². The molecule has 21 heavy (non-hydrogen) atoms. The summed E-state index contributed by atoms with van der Waals surface area (Å²) in [6.07, 6.45) is 2.97. The Hall–Kier alpha value is -1.21. The van der Waals surface area contributed by atoms with E-state index in [4.69, 9.17) is 14.0 Å². The topological polar surface area (TPSA) is 40.6 Å². The summed E-state index contributed by atoms with van der Waals surface area (Å²) >= 11 is 0. The molecule has 7 heteroatoms. The van der Waals surface area contributed by atoms with E-state index < -0.39 is 30.8 Å². The van der Waals surface area contributed by atoms with Crippen LogP contribution in [0.5, 0.6) is 5.75 Å². The largest absolute Gasteiger partial charge is 0.496 e. The smallest absolute Gasteiger partial charge is 0.486 e. The maximum atomic E-state index is 12.8. The molecule has 1 saturated heterocycles. The Morgan fingerprint density at radius 3 is 2.29 bits per heavy atom. The van der Waals surface area contributed by atoms with Crippen LogP contribution in [0.15, 0.2) is 18.5 Å². The van der Waals surface area contributed by atoms with Gasteiger partial charge >= 0.3 is 7.12 Å². The van der Waals surface area contributed by atoms with Gasteiger partial charge in [-0.15, -0.1) is 0 Å². The molecule has 0 N–H and O–H groups in total. The lowest BCUT2D eigenvalue weighted by Gasteiger charge is -2.32. The standard InChI is InChI=1S/C14H20BF2NO3/c1-12(2)13(3,4)21-15(20-12)10-6-11(8-18-7-10)19-9-14(5,16)17/h6-8H,9H2,1-5H3. The Morgan fingerprint density at radius 2 is 1.76 bits per heavy atom. The van der Waals surface area contributed by atoms with Crippen molar-refractivity contribution in [2.24, 2.45) is 0 Å². The minimum atomic E-state index is -2.89. The first-order valence-corrected chi connectivity index (χ1v) is 6.81. The Bertz CT molecular complexity index is 501. The van der Waals surface area contributed by atoms with Crippen molar-refractivity contribution < 1.29 is 22.8 Å². The first-order chi connectivity index (χ1) is 9.50. The van der Waals surface area contributed by atoms with Crippen molar-refractivity contribution in [3.63, 3.8) is 0 Å². The lowest BCUT2D eigenvalue weighted by atomic mass is 9.80. The summed E-state index contributed by atoms with van der Waals surface area (Å²) in [5.41, 5.74) is -0.291. The van der Waals surface area contributed by atoms with Gasteiger partial charge in [-0.3, -0.25) is 4.98 Å². The van der Waals surface area contributed by atoms with Crippen LogP contribution in [0.1, 0.15) is 34.6 Å². The molecular formula is C14H20BF2NO3. The summed E-state index contributed by atoms with van der Waals surface area (Å²) in [5, 5.41) is 0. The molecule has 0 amide bonds. The highest BCUT2D eigenvalue weighted by molar-refractivity contribution is 6.62. The monoisotopic (exact) mass is 299 g/mol. The molecule has 2 heterocycles. The van der Waals surface area contributed by atoms with Crippen molar-refractivity contribution in [2.75, 3.05) is 6.61 Å². The number of halogens is 2. The van der Waals surface area contributed by atoms with Crippen molar-refractivity contribution in [1.29, 1.82) is 0 Å². The number of nitrogens with zero attached hydrogens (tertiary/aromatic N) is 1. The number of hydrogen-bond acceptors (Lipinski definition) is 4. The molecule has 0 aliphatic carbocycles. The highest BCUT2D eigenvalue weighted by atomic mass is 19.3. The number of pyridine rings is 1. The molecule has 1 aromatic heterocycles. The lowest BCUT2D eigenvalue weighted by molar-refractivity contribution is -0.0230. The molecule has 0 unspecified atom stereocenters. The van der Waals surface area contributed by atoms with Crippen LogP contribution in [0.4, 0.5) is 8.78 Å². The Morgan fingerprint density at radius 1 is 1.19 bits per heavy atom. The molecule has 1 aliphatic rings. The van der Waals surface area contributed by atoms with Gasteiger partial charge in [-0.1, -0.05) is 0 Å².